The topological polar surface area (TPSA) is 195 Å². The van der Waals surface area contributed by atoms with Crippen LogP contribution in [0.3, 0.4) is 0 Å². The van der Waals surface area contributed by atoms with Crippen molar-refractivity contribution >= 4 is 5.97 Å². The molecule has 0 radical (unpaired) electrons. The van der Waals surface area contributed by atoms with Crippen LogP contribution >= 0.6 is 0 Å². The highest BCUT2D eigenvalue weighted by Gasteiger charge is 2.54. The Balaban J connectivity index is 2.21. The van der Waals surface area contributed by atoms with Crippen molar-refractivity contribution in [3.63, 3.8) is 0 Å². The van der Waals surface area contributed by atoms with Crippen LogP contribution in [0.15, 0.2) is 0 Å². The number of carbonyl (C=O) groups excluding carboxylic acids is 1. The Morgan fingerprint density at radius 3 is 2.00 bits per heavy atom. The number of hydrogen-bond donors (Lipinski definition) is 6. The van der Waals surface area contributed by atoms with E-state index in [1.807, 2.05) is 27.7 Å². The summed E-state index contributed by atoms with van der Waals surface area (Å²) in [6, 6.07) is -0.320. The fourth-order valence-electron chi connectivity index (χ4n) is 8.56. The minimum Gasteiger partial charge on any atom is -0.459 e. The third-order valence-electron chi connectivity index (χ3n) is 12.2. The summed E-state index contributed by atoms with van der Waals surface area (Å²) in [5, 5.41) is 60.2. The van der Waals surface area contributed by atoms with Crippen LogP contribution < -0.4 is 5.32 Å². The average molecular weight is 736 g/mol. The van der Waals surface area contributed by atoms with Crippen LogP contribution in [0.4, 0.5) is 0 Å². The van der Waals surface area contributed by atoms with Gasteiger partial charge in [0.25, 0.3) is 0 Å². The molecule has 0 aliphatic carbocycles. The Morgan fingerprint density at radius 1 is 0.843 bits per heavy atom. The molecule has 0 spiro atoms. The highest BCUT2D eigenvalue weighted by Crippen LogP contribution is 2.42. The number of ether oxygens (including phenoxy) is 7. The number of nitrogens with one attached hydrogen (secondary N) is 1. The second kappa shape index (κ2) is 17.6. The number of likely N-dealkylation sites (N-methyl/N-ethyl adjacent to an activating group) is 1. The van der Waals surface area contributed by atoms with Gasteiger partial charge in [-0.3, -0.25) is 4.79 Å². The standard InChI is InChI=1S/C37H69NO13/c1-14-25-37(10,44)30(41)20(4)27(39)18(2)16-36(9,46-13)32(51-34-28(40)24(38-11)15-19(3)47-34)21(5)29(22(6)33(43)49-25)50-26-17-35(8,45-12)31(42)23(7)48-26/h18-32,34,38-42,44H,14-17H2,1-13H3/t18-,19-,20+,21+,22-,23+,24+,25-,26+,27+,28-,29+,30-,31+,32-,34+,35-,36-,37-/m1/s1. The van der Waals surface area contributed by atoms with Crippen molar-refractivity contribution in [3.8, 4) is 0 Å². The van der Waals surface area contributed by atoms with Gasteiger partial charge in [0.1, 0.15) is 23.9 Å². The Bertz CT molecular complexity index is 1110. The first-order valence-electron chi connectivity index (χ1n) is 18.7. The minimum atomic E-state index is -1.90. The van der Waals surface area contributed by atoms with Gasteiger partial charge in [-0.1, -0.05) is 27.7 Å². The monoisotopic (exact) mass is 735 g/mol. The Labute approximate surface area is 304 Å². The van der Waals surface area contributed by atoms with E-state index in [4.69, 9.17) is 33.2 Å². The first kappa shape index (κ1) is 44.4. The summed E-state index contributed by atoms with van der Waals surface area (Å²) in [7, 11) is 4.80. The molecule has 51 heavy (non-hydrogen) atoms. The second-order valence-corrected chi connectivity index (χ2v) is 16.2. The van der Waals surface area contributed by atoms with Gasteiger partial charge in [-0.25, -0.2) is 0 Å². The van der Waals surface area contributed by atoms with Crippen LogP contribution in [-0.4, -0.2) is 143 Å². The van der Waals surface area contributed by atoms with Gasteiger partial charge in [0.15, 0.2) is 12.6 Å². The van der Waals surface area contributed by atoms with Crippen molar-refractivity contribution in [1.82, 2.24) is 5.32 Å². The quantitative estimate of drug-likeness (QED) is 0.198. The minimum absolute atomic E-state index is 0.137. The van der Waals surface area contributed by atoms with E-state index in [1.165, 1.54) is 21.1 Å². The van der Waals surface area contributed by atoms with Crippen molar-refractivity contribution in [3.05, 3.63) is 0 Å². The zero-order chi connectivity index (χ0) is 38.8. The van der Waals surface area contributed by atoms with Crippen LogP contribution in [0.1, 0.15) is 94.9 Å². The molecule has 0 aromatic rings. The first-order valence-corrected chi connectivity index (χ1v) is 18.7. The summed E-state index contributed by atoms with van der Waals surface area (Å²) in [5.74, 6) is -3.69. The van der Waals surface area contributed by atoms with Gasteiger partial charge >= 0.3 is 5.97 Å². The Kier molecular flexibility index (Phi) is 15.3. The average Bonchev–Trinajstić information content (AvgIpc) is 3.09. The number of methoxy groups -OCH3 is 2. The Hall–Kier alpha value is -1.01. The predicted molar refractivity (Wildman–Crippen MR) is 187 cm³/mol. The van der Waals surface area contributed by atoms with Crippen molar-refractivity contribution in [2.45, 2.75) is 185 Å². The van der Waals surface area contributed by atoms with Crippen LogP contribution in [0.5, 0.6) is 0 Å². The lowest BCUT2D eigenvalue weighted by atomic mass is 9.73. The van der Waals surface area contributed by atoms with E-state index in [2.05, 4.69) is 5.32 Å². The van der Waals surface area contributed by atoms with Crippen LogP contribution in [0.25, 0.3) is 0 Å². The number of hydrogen-bond acceptors (Lipinski definition) is 14. The second-order valence-electron chi connectivity index (χ2n) is 16.2. The van der Waals surface area contributed by atoms with Crippen molar-refractivity contribution < 1.29 is 63.5 Å². The van der Waals surface area contributed by atoms with E-state index in [0.717, 1.165) is 0 Å². The van der Waals surface area contributed by atoms with Crippen LogP contribution in [0.2, 0.25) is 0 Å². The van der Waals surface area contributed by atoms with Gasteiger partial charge in [0.05, 0.1) is 53.7 Å². The Morgan fingerprint density at radius 2 is 1.45 bits per heavy atom. The smallest absolute Gasteiger partial charge is 0.311 e. The number of carbonyl (C=O) groups is 1. The molecule has 0 aromatic carbocycles. The lowest BCUT2D eigenvalue weighted by Gasteiger charge is -2.50. The third-order valence-corrected chi connectivity index (χ3v) is 12.2. The summed E-state index contributed by atoms with van der Waals surface area (Å²) in [6.45, 7) is 17.4. The molecular weight excluding hydrogens is 666 g/mol. The SMILES string of the molecule is CC[C@H]1OC(=O)[C@H](C)[C@@H](O[C@H]2C[C@@](C)(OC)[C@@H](O)[C@H](C)O2)[C@H](C)[C@@H](O[C@@H]2O[C@H](C)C[C@H](NC)[C@H]2O)[C@](C)(OC)C[C@@H](C)[C@H](O)[C@H](C)[C@@H](O)[C@]1(C)O. The summed E-state index contributed by atoms with van der Waals surface area (Å²) < 4.78 is 43.8. The van der Waals surface area contributed by atoms with E-state index in [1.54, 1.807) is 41.7 Å². The molecule has 3 rings (SSSR count). The van der Waals surface area contributed by atoms with E-state index < -0.39 is 108 Å². The highest BCUT2D eigenvalue weighted by atomic mass is 16.7. The van der Waals surface area contributed by atoms with Gasteiger partial charge < -0.3 is 64.0 Å². The largest absolute Gasteiger partial charge is 0.459 e. The molecule has 3 aliphatic heterocycles. The fraction of sp³-hybridized carbons (Fsp3) is 0.973. The van der Waals surface area contributed by atoms with Gasteiger partial charge in [0, 0.05) is 38.5 Å². The van der Waals surface area contributed by atoms with Gasteiger partial charge in [-0.05, 0) is 73.8 Å². The molecule has 0 amide bonds. The molecule has 0 unspecified atom stereocenters. The van der Waals surface area contributed by atoms with Gasteiger partial charge in [-0.2, -0.15) is 0 Å². The maximum atomic E-state index is 14.2. The third kappa shape index (κ3) is 9.45. The molecule has 14 nitrogen and oxygen atoms in total. The molecule has 0 bridgehead atoms. The number of esters is 1. The zero-order valence-corrected chi connectivity index (χ0v) is 33.1. The lowest BCUT2D eigenvalue weighted by Crippen LogP contribution is -2.61. The van der Waals surface area contributed by atoms with Crippen molar-refractivity contribution in [2.75, 3.05) is 21.3 Å². The van der Waals surface area contributed by atoms with E-state index >= 15 is 0 Å². The number of rotatable bonds is 8. The molecular formula is C37H69NO13. The molecule has 3 saturated heterocycles. The summed E-state index contributed by atoms with van der Waals surface area (Å²) in [6.07, 6.45) is -9.45. The summed E-state index contributed by atoms with van der Waals surface area (Å²) >= 11 is 0. The summed E-state index contributed by atoms with van der Waals surface area (Å²) in [5.41, 5.74) is -4.11. The molecule has 14 heteroatoms. The normalized spacial score (nSPS) is 51.1. The zero-order valence-electron chi connectivity index (χ0n) is 33.1. The maximum absolute atomic E-state index is 14.2. The number of aliphatic hydroxyl groups excluding tert-OH is 4. The van der Waals surface area contributed by atoms with Crippen LogP contribution in [0, 0.1) is 23.7 Å². The van der Waals surface area contributed by atoms with E-state index in [0.29, 0.717) is 6.42 Å². The molecule has 0 saturated carbocycles. The number of cyclic esters (lactones) is 1. The fourth-order valence-corrected chi connectivity index (χ4v) is 8.56. The summed E-state index contributed by atoms with van der Waals surface area (Å²) in [4.78, 5) is 14.2. The first-order chi connectivity index (χ1) is 23.6. The lowest BCUT2D eigenvalue weighted by molar-refractivity contribution is -0.318. The molecule has 19 atom stereocenters. The highest BCUT2D eigenvalue weighted by molar-refractivity contribution is 5.73. The molecule has 3 aliphatic rings. The predicted octanol–water partition coefficient (Wildman–Crippen LogP) is 1.89. The molecule has 3 heterocycles. The molecule has 0 aromatic heterocycles. The molecule has 300 valence electrons. The number of aliphatic hydroxyl groups is 5. The van der Waals surface area contributed by atoms with Gasteiger partial charge in [-0.15, -0.1) is 0 Å². The molecule has 6 N–H and O–H groups in total. The van der Waals surface area contributed by atoms with Crippen LogP contribution in [-0.2, 0) is 38.0 Å². The van der Waals surface area contributed by atoms with Crippen molar-refractivity contribution in [2.24, 2.45) is 23.7 Å². The van der Waals surface area contributed by atoms with E-state index in [-0.39, 0.29) is 31.4 Å². The van der Waals surface area contributed by atoms with E-state index in [9.17, 15) is 30.3 Å². The maximum Gasteiger partial charge on any atom is 0.311 e. The van der Waals surface area contributed by atoms with Gasteiger partial charge in [0.2, 0.25) is 0 Å². The molecule has 3 fully saturated rings. The van der Waals surface area contributed by atoms with Crippen molar-refractivity contribution in [1.29, 1.82) is 0 Å².